The van der Waals surface area contributed by atoms with Gasteiger partial charge in [0.2, 0.25) is 0 Å². The van der Waals surface area contributed by atoms with Crippen LogP contribution in [-0.4, -0.2) is 46.5 Å². The molecular formula is C10H16N4O. The van der Waals surface area contributed by atoms with E-state index in [1.165, 1.54) is 0 Å². The molecule has 0 spiro atoms. The van der Waals surface area contributed by atoms with Crippen molar-refractivity contribution in [3.63, 3.8) is 0 Å². The maximum absolute atomic E-state index is 12.1. The number of carbonyl (C=O) groups is 1. The lowest BCUT2D eigenvalue weighted by atomic mass is 10.2. The van der Waals surface area contributed by atoms with Crippen LogP contribution in [0.3, 0.4) is 0 Å². The predicted octanol–water partition coefficient (Wildman–Crippen LogP) is -0.146. The van der Waals surface area contributed by atoms with Gasteiger partial charge in [-0.25, -0.2) is 4.98 Å². The minimum atomic E-state index is 0.0451. The van der Waals surface area contributed by atoms with Crippen molar-refractivity contribution in [2.24, 2.45) is 7.05 Å². The van der Waals surface area contributed by atoms with Crippen molar-refractivity contribution in [1.82, 2.24) is 19.8 Å². The summed E-state index contributed by atoms with van der Waals surface area (Å²) in [6.07, 6.45) is 4.29. The van der Waals surface area contributed by atoms with Gasteiger partial charge in [0.05, 0.1) is 12.5 Å². The maximum Gasteiger partial charge on any atom is 0.272 e. The molecule has 2 heterocycles. The van der Waals surface area contributed by atoms with Gasteiger partial charge in [0.15, 0.2) is 0 Å². The van der Waals surface area contributed by atoms with Gasteiger partial charge < -0.3 is 14.8 Å². The third-order valence-corrected chi connectivity index (χ3v) is 2.94. The quantitative estimate of drug-likeness (QED) is 0.735. The lowest BCUT2D eigenvalue weighted by Crippen LogP contribution is -2.39. The van der Waals surface area contributed by atoms with Gasteiger partial charge in [-0.1, -0.05) is 0 Å². The zero-order valence-corrected chi connectivity index (χ0v) is 9.10. The van der Waals surface area contributed by atoms with Gasteiger partial charge >= 0.3 is 0 Å². The molecule has 2 rings (SSSR count). The number of rotatable bonds is 2. The van der Waals surface area contributed by atoms with Crippen LogP contribution in [0.1, 0.15) is 16.9 Å². The minimum absolute atomic E-state index is 0.0451. The van der Waals surface area contributed by atoms with Gasteiger partial charge in [-0.2, -0.15) is 0 Å². The van der Waals surface area contributed by atoms with Gasteiger partial charge in [0.25, 0.3) is 5.91 Å². The highest BCUT2D eigenvalue weighted by atomic mass is 16.2. The summed E-state index contributed by atoms with van der Waals surface area (Å²) in [4.78, 5) is 17.8. The van der Waals surface area contributed by atoms with Crippen LogP contribution < -0.4 is 5.32 Å². The predicted molar refractivity (Wildman–Crippen MR) is 56.6 cm³/mol. The number of hydrogen-bond acceptors (Lipinski definition) is 3. The van der Waals surface area contributed by atoms with Gasteiger partial charge in [0, 0.05) is 26.7 Å². The zero-order chi connectivity index (χ0) is 10.8. The topological polar surface area (TPSA) is 50.2 Å². The first kappa shape index (κ1) is 10.2. The highest BCUT2D eigenvalue weighted by molar-refractivity contribution is 5.92. The van der Waals surface area contributed by atoms with Gasteiger partial charge in [-0.05, 0) is 13.0 Å². The maximum atomic E-state index is 12.1. The molecule has 1 aliphatic heterocycles. The van der Waals surface area contributed by atoms with Crippen molar-refractivity contribution in [1.29, 1.82) is 0 Å². The Morgan fingerprint density at radius 3 is 3.07 bits per heavy atom. The van der Waals surface area contributed by atoms with Crippen LogP contribution >= 0.6 is 0 Å². The van der Waals surface area contributed by atoms with Crippen molar-refractivity contribution in [3.05, 3.63) is 18.2 Å². The molecule has 5 heteroatoms. The second-order valence-corrected chi connectivity index (χ2v) is 3.95. The van der Waals surface area contributed by atoms with Crippen molar-refractivity contribution >= 4 is 5.91 Å². The normalized spacial score (nSPS) is 20.5. The molecule has 1 unspecified atom stereocenters. The molecule has 82 valence electrons. The van der Waals surface area contributed by atoms with E-state index in [0.717, 1.165) is 19.5 Å². The summed E-state index contributed by atoms with van der Waals surface area (Å²) in [5, 5.41) is 3.25. The Kier molecular flexibility index (Phi) is 2.73. The summed E-state index contributed by atoms with van der Waals surface area (Å²) in [5.74, 6) is 0.0451. The molecule has 1 aromatic heterocycles. The van der Waals surface area contributed by atoms with Gasteiger partial charge in [0.1, 0.15) is 5.69 Å². The molecule has 1 N–H and O–H groups in total. The van der Waals surface area contributed by atoms with Crippen molar-refractivity contribution in [3.8, 4) is 0 Å². The Morgan fingerprint density at radius 1 is 1.73 bits per heavy atom. The standard InChI is InChI=1S/C10H16N4O/c1-13-7-12-6-9(13)10(15)14(2)8-3-4-11-5-8/h6-8,11H,3-5H2,1-2H3. The van der Waals surface area contributed by atoms with Crippen LogP contribution in [0.15, 0.2) is 12.5 Å². The number of likely N-dealkylation sites (N-methyl/N-ethyl adjacent to an activating group) is 1. The zero-order valence-electron chi connectivity index (χ0n) is 9.10. The molecule has 1 atom stereocenters. The molecule has 1 aromatic rings. The van der Waals surface area contributed by atoms with E-state index < -0.39 is 0 Å². The number of nitrogens with one attached hydrogen (secondary N) is 1. The second-order valence-electron chi connectivity index (χ2n) is 3.95. The molecule has 0 saturated carbocycles. The average molecular weight is 208 g/mol. The van der Waals surface area contributed by atoms with E-state index in [-0.39, 0.29) is 5.91 Å². The highest BCUT2D eigenvalue weighted by Gasteiger charge is 2.25. The van der Waals surface area contributed by atoms with E-state index >= 15 is 0 Å². The Bertz CT molecular complexity index is 354. The highest BCUT2D eigenvalue weighted by Crippen LogP contribution is 2.10. The van der Waals surface area contributed by atoms with E-state index in [9.17, 15) is 4.79 Å². The van der Waals surface area contributed by atoms with Crippen LogP contribution in [0.5, 0.6) is 0 Å². The number of carbonyl (C=O) groups excluding carboxylic acids is 1. The summed E-state index contributed by atoms with van der Waals surface area (Å²) >= 11 is 0. The Hall–Kier alpha value is -1.36. The number of imidazole rings is 1. The van der Waals surface area contributed by atoms with Crippen molar-refractivity contribution in [2.45, 2.75) is 12.5 Å². The van der Waals surface area contributed by atoms with E-state index in [1.54, 1.807) is 22.0 Å². The fourth-order valence-corrected chi connectivity index (χ4v) is 1.88. The number of amides is 1. The molecule has 0 bridgehead atoms. The minimum Gasteiger partial charge on any atom is -0.336 e. The first-order valence-electron chi connectivity index (χ1n) is 5.14. The van der Waals surface area contributed by atoms with E-state index in [1.807, 2.05) is 14.1 Å². The summed E-state index contributed by atoms with van der Waals surface area (Å²) in [5.41, 5.74) is 0.643. The monoisotopic (exact) mass is 208 g/mol. The van der Waals surface area contributed by atoms with Gasteiger partial charge in [-0.15, -0.1) is 0 Å². The third kappa shape index (κ3) is 1.87. The van der Waals surface area contributed by atoms with E-state index in [0.29, 0.717) is 11.7 Å². The molecule has 0 radical (unpaired) electrons. The van der Waals surface area contributed by atoms with Crippen molar-refractivity contribution in [2.75, 3.05) is 20.1 Å². The number of aromatic nitrogens is 2. The van der Waals surface area contributed by atoms with Crippen LogP contribution in [-0.2, 0) is 7.05 Å². The molecule has 5 nitrogen and oxygen atoms in total. The first-order chi connectivity index (χ1) is 7.20. The smallest absolute Gasteiger partial charge is 0.272 e. The third-order valence-electron chi connectivity index (χ3n) is 2.94. The second kappa shape index (κ2) is 4.02. The largest absolute Gasteiger partial charge is 0.336 e. The van der Waals surface area contributed by atoms with Crippen LogP contribution in [0.2, 0.25) is 0 Å². The molecule has 1 aliphatic rings. The van der Waals surface area contributed by atoms with E-state index in [2.05, 4.69) is 10.3 Å². The fraction of sp³-hybridized carbons (Fsp3) is 0.600. The molecule has 1 saturated heterocycles. The van der Waals surface area contributed by atoms with Crippen LogP contribution in [0.4, 0.5) is 0 Å². The molecule has 0 aliphatic carbocycles. The first-order valence-corrected chi connectivity index (χ1v) is 5.14. The van der Waals surface area contributed by atoms with Crippen molar-refractivity contribution < 1.29 is 4.79 Å². The number of hydrogen-bond donors (Lipinski definition) is 1. The SMILES string of the molecule is CN(C(=O)c1cncn1C)C1CCNC1. The van der Waals surface area contributed by atoms with E-state index in [4.69, 9.17) is 0 Å². The molecule has 15 heavy (non-hydrogen) atoms. The summed E-state index contributed by atoms with van der Waals surface area (Å²) in [6.45, 7) is 1.88. The molecule has 1 amide bonds. The average Bonchev–Trinajstić information content (AvgIpc) is 2.85. The fourth-order valence-electron chi connectivity index (χ4n) is 1.88. The molecular weight excluding hydrogens is 192 g/mol. The summed E-state index contributed by atoms with van der Waals surface area (Å²) < 4.78 is 1.75. The number of nitrogens with zero attached hydrogens (tertiary/aromatic N) is 3. The molecule has 1 fully saturated rings. The number of aryl methyl sites for hydroxylation is 1. The lowest BCUT2D eigenvalue weighted by molar-refractivity contribution is 0.0734. The summed E-state index contributed by atoms with van der Waals surface area (Å²) in [7, 11) is 3.69. The van der Waals surface area contributed by atoms with Gasteiger partial charge in [-0.3, -0.25) is 4.79 Å². The summed E-state index contributed by atoms with van der Waals surface area (Å²) in [6, 6.07) is 0.312. The molecule has 0 aromatic carbocycles. The Balaban J connectivity index is 2.10. The van der Waals surface area contributed by atoms with Crippen LogP contribution in [0.25, 0.3) is 0 Å². The Labute approximate surface area is 89.1 Å². The lowest BCUT2D eigenvalue weighted by Gasteiger charge is -2.23. The Morgan fingerprint density at radius 2 is 2.53 bits per heavy atom. The van der Waals surface area contributed by atoms with Crippen LogP contribution in [0, 0.1) is 0 Å².